The van der Waals surface area contributed by atoms with E-state index >= 15 is 0 Å². The van der Waals surface area contributed by atoms with Crippen molar-refractivity contribution in [2.24, 2.45) is 0 Å². The van der Waals surface area contributed by atoms with Crippen LogP contribution in [0, 0.1) is 6.92 Å². The molecule has 0 heterocycles. The maximum atomic E-state index is 11.9. The molecule has 0 saturated heterocycles. The van der Waals surface area contributed by atoms with Crippen molar-refractivity contribution in [2.45, 2.75) is 45.8 Å². The summed E-state index contributed by atoms with van der Waals surface area (Å²) in [6.45, 7) is 4.59. The Hall–Kier alpha value is -2.73. The van der Waals surface area contributed by atoms with Gasteiger partial charge in [-0.05, 0) is 56.4 Å². The van der Waals surface area contributed by atoms with E-state index in [2.05, 4.69) is 10.6 Å². The summed E-state index contributed by atoms with van der Waals surface area (Å²) < 4.78 is 5.21. The van der Waals surface area contributed by atoms with Crippen molar-refractivity contribution in [3.05, 3.63) is 64.2 Å². The normalized spacial score (nSPS) is 11.6. The summed E-state index contributed by atoms with van der Waals surface area (Å²) in [5.74, 6) is -0.987. The molecule has 2 aromatic rings. The molecular weight excluding hydrogens is 392 g/mol. The molecule has 1 amide bonds. The van der Waals surface area contributed by atoms with Crippen LogP contribution in [-0.2, 0) is 11.3 Å². The second kappa shape index (κ2) is 11.3. The molecule has 0 radical (unpaired) electrons. The second-order valence-electron chi connectivity index (χ2n) is 6.93. The van der Waals surface area contributed by atoms with Gasteiger partial charge in [-0.15, -0.1) is 0 Å². The smallest absolute Gasteiger partial charge is 0.407 e. The Kier molecular flexibility index (Phi) is 8.80. The lowest BCUT2D eigenvalue weighted by Crippen LogP contribution is -2.33. The maximum absolute atomic E-state index is 11.9. The molecule has 1 unspecified atom stereocenters. The van der Waals surface area contributed by atoms with Crippen LogP contribution >= 0.6 is 11.6 Å². The molecule has 0 spiro atoms. The van der Waals surface area contributed by atoms with Gasteiger partial charge in [0.1, 0.15) is 6.61 Å². The van der Waals surface area contributed by atoms with Crippen molar-refractivity contribution in [1.29, 1.82) is 0 Å². The Morgan fingerprint density at radius 2 is 1.86 bits per heavy atom. The SMILES string of the molecule is Cc1c(Cl)ccc(C(=O)O)c1NCCCCC(C)NC(=O)OCc1ccccc1. The molecule has 6 nitrogen and oxygen atoms in total. The van der Waals surface area contributed by atoms with Crippen molar-refractivity contribution in [2.75, 3.05) is 11.9 Å². The van der Waals surface area contributed by atoms with E-state index in [0.29, 0.717) is 17.3 Å². The molecule has 3 N–H and O–H groups in total. The van der Waals surface area contributed by atoms with Crippen molar-refractivity contribution in [3.8, 4) is 0 Å². The van der Waals surface area contributed by atoms with Gasteiger partial charge in [0.05, 0.1) is 11.3 Å². The number of ether oxygens (including phenoxy) is 1. The standard InChI is InChI=1S/C22H27ClN2O4/c1-15(25-22(28)29-14-17-9-4-3-5-10-17)8-6-7-13-24-20-16(2)19(23)12-11-18(20)21(26)27/h3-5,9-12,15,24H,6-8,13-14H2,1-2H3,(H,25,28)(H,26,27). The number of hydrogen-bond donors (Lipinski definition) is 3. The van der Waals surface area contributed by atoms with Crippen LogP contribution in [0.1, 0.15) is 47.7 Å². The fraction of sp³-hybridized carbons (Fsp3) is 0.364. The van der Waals surface area contributed by atoms with Crippen molar-refractivity contribution in [3.63, 3.8) is 0 Å². The number of benzene rings is 2. The summed E-state index contributed by atoms with van der Waals surface area (Å²) in [5.41, 5.74) is 2.44. The van der Waals surface area contributed by atoms with Gasteiger partial charge in [0.25, 0.3) is 0 Å². The summed E-state index contributed by atoms with van der Waals surface area (Å²) in [7, 11) is 0. The highest BCUT2D eigenvalue weighted by molar-refractivity contribution is 6.32. The van der Waals surface area contributed by atoms with Crippen LogP contribution in [0.25, 0.3) is 0 Å². The number of carboxylic acids is 1. The third kappa shape index (κ3) is 7.31. The van der Waals surface area contributed by atoms with Crippen LogP contribution in [0.2, 0.25) is 5.02 Å². The summed E-state index contributed by atoms with van der Waals surface area (Å²) >= 11 is 6.10. The molecule has 1 atom stereocenters. The van der Waals surface area contributed by atoms with Gasteiger partial charge >= 0.3 is 12.1 Å². The van der Waals surface area contributed by atoms with E-state index in [1.54, 1.807) is 13.0 Å². The first-order chi connectivity index (χ1) is 13.9. The van der Waals surface area contributed by atoms with Crippen LogP contribution in [0.5, 0.6) is 0 Å². The van der Waals surface area contributed by atoms with E-state index in [1.807, 2.05) is 37.3 Å². The van der Waals surface area contributed by atoms with Crippen LogP contribution < -0.4 is 10.6 Å². The molecule has 0 aliphatic carbocycles. The van der Waals surface area contributed by atoms with E-state index < -0.39 is 12.1 Å². The number of halogens is 1. The Morgan fingerprint density at radius 3 is 2.55 bits per heavy atom. The zero-order valence-electron chi connectivity index (χ0n) is 16.7. The zero-order valence-corrected chi connectivity index (χ0v) is 17.5. The van der Waals surface area contributed by atoms with Gasteiger partial charge in [-0.3, -0.25) is 0 Å². The molecule has 0 saturated carbocycles. The monoisotopic (exact) mass is 418 g/mol. The quantitative estimate of drug-likeness (QED) is 0.459. The third-order valence-electron chi connectivity index (χ3n) is 4.57. The Balaban J connectivity index is 1.68. The van der Waals surface area contributed by atoms with Gasteiger partial charge in [0.2, 0.25) is 0 Å². The molecule has 2 rings (SSSR count). The zero-order chi connectivity index (χ0) is 21.2. The number of rotatable bonds is 10. The maximum Gasteiger partial charge on any atom is 0.407 e. The molecule has 29 heavy (non-hydrogen) atoms. The summed E-state index contributed by atoms with van der Waals surface area (Å²) in [6.07, 6.45) is 2.06. The number of hydrogen-bond acceptors (Lipinski definition) is 4. The second-order valence-corrected chi connectivity index (χ2v) is 7.34. The van der Waals surface area contributed by atoms with E-state index in [1.165, 1.54) is 6.07 Å². The molecule has 0 bridgehead atoms. The lowest BCUT2D eigenvalue weighted by atomic mass is 10.1. The van der Waals surface area contributed by atoms with Gasteiger partial charge in [0.15, 0.2) is 0 Å². The molecule has 0 aliphatic heterocycles. The van der Waals surface area contributed by atoms with Crippen molar-refractivity contribution in [1.82, 2.24) is 5.32 Å². The van der Waals surface area contributed by atoms with Crippen molar-refractivity contribution < 1.29 is 19.4 Å². The number of carbonyl (C=O) groups excluding carboxylic acids is 1. The minimum Gasteiger partial charge on any atom is -0.478 e. The third-order valence-corrected chi connectivity index (χ3v) is 4.98. The van der Waals surface area contributed by atoms with Crippen molar-refractivity contribution >= 4 is 29.4 Å². The fourth-order valence-electron chi connectivity index (χ4n) is 2.92. The summed E-state index contributed by atoms with van der Waals surface area (Å²) in [6, 6.07) is 12.6. The molecule has 0 fully saturated rings. The Bertz CT molecular complexity index is 827. The molecule has 0 aromatic heterocycles. The van der Waals surface area contributed by atoms with Crippen LogP contribution in [-0.4, -0.2) is 29.8 Å². The Morgan fingerprint density at radius 1 is 1.14 bits per heavy atom. The highest BCUT2D eigenvalue weighted by Gasteiger charge is 2.14. The van der Waals surface area contributed by atoms with E-state index in [9.17, 15) is 14.7 Å². The van der Waals surface area contributed by atoms with Crippen LogP contribution in [0.4, 0.5) is 10.5 Å². The first-order valence-corrected chi connectivity index (χ1v) is 9.99. The average Bonchev–Trinajstić information content (AvgIpc) is 2.69. The number of unbranched alkanes of at least 4 members (excludes halogenated alkanes) is 1. The largest absolute Gasteiger partial charge is 0.478 e. The van der Waals surface area contributed by atoms with Gasteiger partial charge in [-0.25, -0.2) is 9.59 Å². The minimum atomic E-state index is -0.987. The number of alkyl carbamates (subject to hydrolysis) is 1. The predicted molar refractivity (Wildman–Crippen MR) is 115 cm³/mol. The number of carbonyl (C=O) groups is 2. The van der Waals surface area contributed by atoms with Gasteiger partial charge in [-0.1, -0.05) is 41.9 Å². The summed E-state index contributed by atoms with van der Waals surface area (Å²) in [5, 5.41) is 15.9. The number of nitrogens with one attached hydrogen (secondary N) is 2. The van der Waals surface area contributed by atoms with Crippen LogP contribution in [0.3, 0.4) is 0 Å². The number of anilines is 1. The molecule has 0 aliphatic rings. The Labute approximate surface area is 176 Å². The number of aromatic carboxylic acids is 1. The van der Waals surface area contributed by atoms with E-state index in [-0.39, 0.29) is 18.2 Å². The van der Waals surface area contributed by atoms with E-state index in [0.717, 1.165) is 30.4 Å². The average molecular weight is 419 g/mol. The first-order valence-electron chi connectivity index (χ1n) is 9.62. The van der Waals surface area contributed by atoms with E-state index in [4.69, 9.17) is 16.3 Å². The minimum absolute atomic E-state index is 0.0132. The number of carboxylic acid groups (broad SMARTS) is 1. The number of amides is 1. The molecule has 7 heteroatoms. The lowest BCUT2D eigenvalue weighted by molar-refractivity contribution is 0.0697. The fourth-order valence-corrected chi connectivity index (χ4v) is 3.08. The van der Waals surface area contributed by atoms with Gasteiger partial charge in [0, 0.05) is 17.6 Å². The van der Waals surface area contributed by atoms with Gasteiger partial charge in [-0.2, -0.15) is 0 Å². The highest BCUT2D eigenvalue weighted by atomic mass is 35.5. The topological polar surface area (TPSA) is 87.7 Å². The molecular formula is C22H27ClN2O4. The summed E-state index contributed by atoms with van der Waals surface area (Å²) in [4.78, 5) is 23.2. The lowest BCUT2D eigenvalue weighted by Gasteiger charge is -2.16. The molecule has 156 valence electrons. The molecule has 2 aromatic carbocycles. The van der Waals surface area contributed by atoms with Gasteiger partial charge < -0.3 is 20.5 Å². The highest BCUT2D eigenvalue weighted by Crippen LogP contribution is 2.27. The predicted octanol–water partition coefficient (Wildman–Crippen LogP) is 5.24. The first kappa shape index (κ1) is 22.6. The van der Waals surface area contributed by atoms with Crippen LogP contribution in [0.15, 0.2) is 42.5 Å².